The molecule has 0 aliphatic carbocycles. The third-order valence-electron chi connectivity index (χ3n) is 4.43. The first-order chi connectivity index (χ1) is 12.6. The topological polar surface area (TPSA) is 54.9 Å². The lowest BCUT2D eigenvalue weighted by molar-refractivity contribution is 0.0888. The summed E-state index contributed by atoms with van der Waals surface area (Å²) < 4.78 is 11.0. The fourth-order valence-electron chi connectivity index (χ4n) is 2.90. The van der Waals surface area contributed by atoms with Crippen LogP contribution in [0.25, 0.3) is 0 Å². The number of halogens is 3. The summed E-state index contributed by atoms with van der Waals surface area (Å²) in [5, 5.41) is 8.01. The number of nitrogens with zero attached hydrogens (tertiary/aromatic N) is 1. The predicted molar refractivity (Wildman–Crippen MR) is 124 cm³/mol. The molecule has 5 nitrogen and oxygen atoms in total. The summed E-state index contributed by atoms with van der Waals surface area (Å²) in [5.74, 6) is 1.51. The largest absolute Gasteiger partial charge is 0.381 e. The molecule has 0 aromatic heterocycles. The third-order valence-corrected chi connectivity index (χ3v) is 5.09. The minimum atomic E-state index is 0. The fraction of sp³-hybridized carbons (Fsp3) is 0.632. The first kappa shape index (κ1) is 24.8. The number of benzene rings is 1. The maximum Gasteiger partial charge on any atom is 0.190 e. The molecule has 1 saturated heterocycles. The second-order valence-electron chi connectivity index (χ2n) is 6.57. The van der Waals surface area contributed by atoms with Gasteiger partial charge in [0.15, 0.2) is 5.96 Å². The molecule has 2 N–H and O–H groups in total. The molecule has 0 amide bonds. The van der Waals surface area contributed by atoms with E-state index in [4.69, 9.17) is 32.7 Å². The second-order valence-corrected chi connectivity index (χ2v) is 7.39. The van der Waals surface area contributed by atoms with E-state index >= 15 is 0 Å². The lowest BCUT2D eigenvalue weighted by atomic mass is 10.0. The van der Waals surface area contributed by atoms with Crippen LogP contribution in [0.4, 0.5) is 0 Å². The Morgan fingerprint density at radius 3 is 2.70 bits per heavy atom. The summed E-state index contributed by atoms with van der Waals surface area (Å²) in [5.41, 5.74) is 0.961. The Morgan fingerprint density at radius 1 is 1.33 bits per heavy atom. The van der Waals surface area contributed by atoms with Gasteiger partial charge in [-0.1, -0.05) is 36.2 Å². The van der Waals surface area contributed by atoms with E-state index < -0.39 is 0 Å². The zero-order valence-corrected chi connectivity index (χ0v) is 19.8. The van der Waals surface area contributed by atoms with Crippen LogP contribution in [-0.2, 0) is 9.47 Å². The van der Waals surface area contributed by atoms with Gasteiger partial charge in [0.25, 0.3) is 0 Å². The molecule has 8 heteroatoms. The molecule has 1 aromatic rings. The van der Waals surface area contributed by atoms with Crippen LogP contribution in [0, 0.1) is 5.92 Å². The first-order valence-electron chi connectivity index (χ1n) is 9.15. The average Bonchev–Trinajstić information content (AvgIpc) is 3.13. The molecule has 0 radical (unpaired) electrons. The SMILES string of the molecule is CN=C(NCCCOCC1CCOC1)NCC(C)c1c(Cl)cccc1Cl.I. The van der Waals surface area contributed by atoms with Gasteiger partial charge in [-0.3, -0.25) is 4.99 Å². The van der Waals surface area contributed by atoms with Gasteiger partial charge < -0.3 is 20.1 Å². The van der Waals surface area contributed by atoms with Gasteiger partial charge in [-0.15, -0.1) is 24.0 Å². The van der Waals surface area contributed by atoms with Crippen molar-refractivity contribution in [2.45, 2.75) is 25.7 Å². The zero-order chi connectivity index (χ0) is 18.8. The lowest BCUT2D eigenvalue weighted by Crippen LogP contribution is -2.39. The third kappa shape index (κ3) is 8.73. The molecule has 2 rings (SSSR count). The number of rotatable bonds is 9. The molecule has 27 heavy (non-hydrogen) atoms. The van der Waals surface area contributed by atoms with Gasteiger partial charge in [0.2, 0.25) is 0 Å². The quantitative estimate of drug-likeness (QED) is 0.216. The Morgan fingerprint density at radius 2 is 2.07 bits per heavy atom. The highest BCUT2D eigenvalue weighted by Gasteiger charge is 2.15. The van der Waals surface area contributed by atoms with Crippen LogP contribution in [0.15, 0.2) is 23.2 Å². The van der Waals surface area contributed by atoms with Crippen LogP contribution in [0.2, 0.25) is 10.0 Å². The fourth-order valence-corrected chi connectivity index (χ4v) is 3.67. The number of aliphatic imine (C=N–C) groups is 1. The second kappa shape index (κ2) is 13.8. The van der Waals surface area contributed by atoms with E-state index in [0.717, 1.165) is 57.3 Å². The molecular formula is C19H30Cl2IN3O2. The van der Waals surface area contributed by atoms with Crippen molar-refractivity contribution >= 4 is 53.1 Å². The molecule has 0 bridgehead atoms. The summed E-state index contributed by atoms with van der Waals surface area (Å²) in [4.78, 5) is 4.25. The van der Waals surface area contributed by atoms with E-state index in [1.807, 2.05) is 18.2 Å². The number of nitrogens with one attached hydrogen (secondary N) is 2. The van der Waals surface area contributed by atoms with Crippen LogP contribution in [0.5, 0.6) is 0 Å². The molecule has 154 valence electrons. The Kier molecular flexibility index (Phi) is 12.7. The molecule has 0 spiro atoms. The van der Waals surface area contributed by atoms with E-state index in [2.05, 4.69) is 22.5 Å². The smallest absolute Gasteiger partial charge is 0.190 e. The van der Waals surface area contributed by atoms with Gasteiger partial charge in [-0.05, 0) is 30.5 Å². The van der Waals surface area contributed by atoms with Gasteiger partial charge in [-0.2, -0.15) is 0 Å². The maximum atomic E-state index is 6.27. The van der Waals surface area contributed by atoms with Crippen molar-refractivity contribution in [3.05, 3.63) is 33.8 Å². The number of guanidine groups is 1. The van der Waals surface area contributed by atoms with Crippen LogP contribution in [-0.4, -0.2) is 52.5 Å². The minimum absolute atomic E-state index is 0. The van der Waals surface area contributed by atoms with E-state index in [9.17, 15) is 0 Å². The number of hydrogen-bond acceptors (Lipinski definition) is 3. The van der Waals surface area contributed by atoms with E-state index in [1.165, 1.54) is 0 Å². The Balaban J connectivity index is 0.00000364. The highest BCUT2D eigenvalue weighted by atomic mass is 127. The predicted octanol–water partition coefficient (Wildman–Crippen LogP) is 4.32. The molecular weight excluding hydrogens is 500 g/mol. The molecule has 1 heterocycles. The molecule has 0 saturated carbocycles. The summed E-state index contributed by atoms with van der Waals surface area (Å²) in [6.45, 7) is 6.84. The van der Waals surface area contributed by atoms with Crippen molar-refractivity contribution in [3.8, 4) is 0 Å². The monoisotopic (exact) mass is 529 g/mol. The van der Waals surface area contributed by atoms with E-state index in [-0.39, 0.29) is 29.9 Å². The van der Waals surface area contributed by atoms with Crippen molar-refractivity contribution in [3.63, 3.8) is 0 Å². The molecule has 2 atom stereocenters. The first-order valence-corrected chi connectivity index (χ1v) is 9.91. The van der Waals surface area contributed by atoms with E-state index in [1.54, 1.807) is 7.05 Å². The van der Waals surface area contributed by atoms with Gasteiger partial charge in [0, 0.05) is 55.2 Å². The number of hydrogen-bond donors (Lipinski definition) is 2. The van der Waals surface area contributed by atoms with Gasteiger partial charge in [0.05, 0.1) is 13.2 Å². The molecule has 1 aromatic carbocycles. The van der Waals surface area contributed by atoms with E-state index in [0.29, 0.717) is 22.5 Å². The van der Waals surface area contributed by atoms with Crippen molar-refractivity contribution in [2.24, 2.45) is 10.9 Å². The summed E-state index contributed by atoms with van der Waals surface area (Å²) in [6, 6.07) is 5.59. The van der Waals surface area contributed by atoms with Crippen molar-refractivity contribution in [1.82, 2.24) is 10.6 Å². The Hall–Kier alpha value is -0.280. The van der Waals surface area contributed by atoms with Crippen molar-refractivity contribution in [2.75, 3.05) is 46.6 Å². The van der Waals surface area contributed by atoms with Crippen LogP contribution in [0.3, 0.4) is 0 Å². The highest BCUT2D eigenvalue weighted by Crippen LogP contribution is 2.30. The standard InChI is InChI=1S/C19H29Cl2N3O2.HI/c1-14(18-16(20)5-3-6-17(18)21)11-24-19(22-2)23-8-4-9-25-12-15-7-10-26-13-15;/h3,5-6,14-15H,4,7-13H2,1-2H3,(H2,22,23,24);1H. The van der Waals surface area contributed by atoms with Crippen molar-refractivity contribution in [1.29, 1.82) is 0 Å². The zero-order valence-electron chi connectivity index (χ0n) is 16.0. The van der Waals surface area contributed by atoms with Gasteiger partial charge >= 0.3 is 0 Å². The summed E-state index contributed by atoms with van der Waals surface area (Å²) >= 11 is 12.5. The summed E-state index contributed by atoms with van der Waals surface area (Å²) in [7, 11) is 1.76. The highest BCUT2D eigenvalue weighted by molar-refractivity contribution is 14.0. The van der Waals surface area contributed by atoms with Crippen LogP contribution < -0.4 is 10.6 Å². The normalized spacial score (nSPS) is 18.1. The van der Waals surface area contributed by atoms with Crippen LogP contribution in [0.1, 0.15) is 31.2 Å². The molecule has 1 aliphatic heterocycles. The molecule has 1 aliphatic rings. The maximum absolute atomic E-state index is 6.27. The Bertz CT molecular complexity index is 564. The lowest BCUT2D eigenvalue weighted by Gasteiger charge is -2.18. The van der Waals surface area contributed by atoms with Gasteiger partial charge in [0.1, 0.15) is 0 Å². The Labute approximate surface area is 189 Å². The summed E-state index contributed by atoms with van der Waals surface area (Å²) in [6.07, 6.45) is 2.04. The van der Waals surface area contributed by atoms with Crippen molar-refractivity contribution < 1.29 is 9.47 Å². The molecule has 1 fully saturated rings. The van der Waals surface area contributed by atoms with Crippen LogP contribution >= 0.6 is 47.2 Å². The van der Waals surface area contributed by atoms with Gasteiger partial charge in [-0.25, -0.2) is 0 Å². The average molecular weight is 530 g/mol. The number of ether oxygens (including phenoxy) is 2. The minimum Gasteiger partial charge on any atom is -0.381 e. The molecule has 2 unspecified atom stereocenters.